The van der Waals surface area contributed by atoms with Crippen LogP contribution in [0, 0.1) is 5.92 Å². The topological polar surface area (TPSA) is 41.1 Å². The van der Waals surface area contributed by atoms with Crippen LogP contribution < -0.4 is 10.6 Å². The molecule has 1 saturated heterocycles. The van der Waals surface area contributed by atoms with Crippen molar-refractivity contribution in [3.8, 4) is 0 Å². The average Bonchev–Trinajstić information content (AvgIpc) is 2.66. The Hall–Kier alpha value is -0.570. The molecule has 0 bridgehead atoms. The minimum atomic E-state index is 0.0712. The number of carbonyl (C=O) groups excluding carboxylic acids is 1. The molecule has 3 heteroatoms. The summed E-state index contributed by atoms with van der Waals surface area (Å²) in [5, 5.41) is 6.46. The van der Waals surface area contributed by atoms with E-state index in [9.17, 15) is 4.79 Å². The van der Waals surface area contributed by atoms with Gasteiger partial charge in [-0.25, -0.2) is 0 Å². The predicted octanol–water partition coefficient (Wildman–Crippen LogP) is 1.43. The van der Waals surface area contributed by atoms with Crippen molar-refractivity contribution in [3.63, 3.8) is 0 Å². The standard InChI is InChI=1S/C12H22N2O/c1-9-7-11(13-8-9)12(15)14-10-5-3-2-4-6-10/h9-11,13H,2-8H2,1H3,(H,14,15). The van der Waals surface area contributed by atoms with Crippen molar-refractivity contribution in [3.05, 3.63) is 0 Å². The van der Waals surface area contributed by atoms with E-state index < -0.39 is 0 Å². The molecule has 1 aliphatic heterocycles. The van der Waals surface area contributed by atoms with Crippen LogP contribution in [-0.2, 0) is 4.79 Å². The van der Waals surface area contributed by atoms with Crippen LogP contribution in [0.3, 0.4) is 0 Å². The molecule has 15 heavy (non-hydrogen) atoms. The van der Waals surface area contributed by atoms with Gasteiger partial charge in [-0.2, -0.15) is 0 Å². The highest BCUT2D eigenvalue weighted by Crippen LogP contribution is 2.18. The first-order valence-corrected chi connectivity index (χ1v) is 6.29. The Bertz CT molecular complexity index is 224. The summed E-state index contributed by atoms with van der Waals surface area (Å²) in [6, 6.07) is 0.519. The third-order valence-corrected chi connectivity index (χ3v) is 3.62. The first-order chi connectivity index (χ1) is 7.25. The van der Waals surface area contributed by atoms with E-state index in [1.54, 1.807) is 0 Å². The van der Waals surface area contributed by atoms with E-state index in [0.29, 0.717) is 12.0 Å². The normalized spacial score (nSPS) is 32.9. The summed E-state index contributed by atoms with van der Waals surface area (Å²) in [5.41, 5.74) is 0. The highest BCUT2D eigenvalue weighted by Gasteiger charge is 2.28. The van der Waals surface area contributed by atoms with Gasteiger partial charge < -0.3 is 10.6 Å². The van der Waals surface area contributed by atoms with Gasteiger partial charge in [0.25, 0.3) is 0 Å². The van der Waals surface area contributed by atoms with Crippen molar-refractivity contribution in [2.75, 3.05) is 6.54 Å². The molecular weight excluding hydrogens is 188 g/mol. The van der Waals surface area contributed by atoms with Gasteiger partial charge in [0.1, 0.15) is 0 Å². The molecule has 1 aliphatic carbocycles. The van der Waals surface area contributed by atoms with Crippen LogP contribution in [0.2, 0.25) is 0 Å². The Morgan fingerprint density at radius 1 is 1.27 bits per heavy atom. The van der Waals surface area contributed by atoms with E-state index in [0.717, 1.165) is 13.0 Å². The maximum atomic E-state index is 11.9. The lowest BCUT2D eigenvalue weighted by atomic mass is 9.95. The lowest BCUT2D eigenvalue weighted by Gasteiger charge is -2.24. The summed E-state index contributed by atoms with van der Waals surface area (Å²) >= 11 is 0. The van der Waals surface area contributed by atoms with Crippen LogP contribution in [0.4, 0.5) is 0 Å². The predicted molar refractivity (Wildman–Crippen MR) is 60.6 cm³/mol. The number of nitrogens with one attached hydrogen (secondary N) is 2. The van der Waals surface area contributed by atoms with Crippen LogP contribution in [0.25, 0.3) is 0 Å². The lowest BCUT2D eigenvalue weighted by molar-refractivity contribution is -0.123. The second kappa shape index (κ2) is 4.97. The smallest absolute Gasteiger partial charge is 0.237 e. The first kappa shape index (κ1) is 10.9. The zero-order chi connectivity index (χ0) is 10.7. The van der Waals surface area contributed by atoms with Gasteiger partial charge >= 0.3 is 0 Å². The quantitative estimate of drug-likeness (QED) is 0.724. The zero-order valence-corrected chi connectivity index (χ0v) is 9.59. The highest BCUT2D eigenvalue weighted by molar-refractivity contribution is 5.82. The molecule has 2 rings (SSSR count). The van der Waals surface area contributed by atoms with E-state index in [2.05, 4.69) is 17.6 Å². The van der Waals surface area contributed by atoms with Gasteiger partial charge in [0.2, 0.25) is 5.91 Å². The third kappa shape index (κ3) is 2.94. The maximum Gasteiger partial charge on any atom is 0.237 e. The van der Waals surface area contributed by atoms with E-state index in [-0.39, 0.29) is 11.9 Å². The molecule has 0 radical (unpaired) electrons. The van der Waals surface area contributed by atoms with Gasteiger partial charge in [-0.1, -0.05) is 26.2 Å². The molecule has 1 saturated carbocycles. The molecule has 0 aromatic carbocycles. The summed E-state index contributed by atoms with van der Waals surface area (Å²) in [6.45, 7) is 3.18. The Kier molecular flexibility index (Phi) is 3.62. The number of carbonyl (C=O) groups is 1. The first-order valence-electron chi connectivity index (χ1n) is 6.29. The molecule has 2 aliphatic rings. The van der Waals surface area contributed by atoms with Crippen LogP contribution in [-0.4, -0.2) is 24.5 Å². The summed E-state index contributed by atoms with van der Waals surface area (Å²) in [5.74, 6) is 0.873. The third-order valence-electron chi connectivity index (χ3n) is 3.62. The Labute approximate surface area is 92.0 Å². The van der Waals surface area contributed by atoms with Crippen molar-refractivity contribution in [2.24, 2.45) is 5.92 Å². The van der Waals surface area contributed by atoms with Crippen molar-refractivity contribution in [1.82, 2.24) is 10.6 Å². The molecule has 1 amide bonds. The summed E-state index contributed by atoms with van der Waals surface area (Å²) < 4.78 is 0. The largest absolute Gasteiger partial charge is 0.352 e. The summed E-state index contributed by atoms with van der Waals surface area (Å²) in [4.78, 5) is 11.9. The summed E-state index contributed by atoms with van der Waals surface area (Å²) in [7, 11) is 0. The van der Waals surface area contributed by atoms with E-state index >= 15 is 0 Å². The van der Waals surface area contributed by atoms with Crippen molar-refractivity contribution in [1.29, 1.82) is 0 Å². The molecule has 2 N–H and O–H groups in total. The fraction of sp³-hybridized carbons (Fsp3) is 0.917. The number of rotatable bonds is 2. The average molecular weight is 210 g/mol. The van der Waals surface area contributed by atoms with Crippen molar-refractivity contribution in [2.45, 2.75) is 57.5 Å². The second-order valence-electron chi connectivity index (χ2n) is 5.15. The minimum Gasteiger partial charge on any atom is -0.352 e. The van der Waals surface area contributed by atoms with Gasteiger partial charge in [0.15, 0.2) is 0 Å². The molecule has 3 nitrogen and oxygen atoms in total. The van der Waals surface area contributed by atoms with E-state index in [1.165, 1.54) is 32.1 Å². The molecule has 2 unspecified atom stereocenters. The molecule has 0 spiro atoms. The van der Waals surface area contributed by atoms with Crippen molar-refractivity contribution < 1.29 is 4.79 Å². The lowest BCUT2D eigenvalue weighted by Crippen LogP contribution is -2.45. The second-order valence-corrected chi connectivity index (χ2v) is 5.15. The van der Waals surface area contributed by atoms with Gasteiger partial charge in [-0.05, 0) is 31.7 Å². The number of hydrogen-bond acceptors (Lipinski definition) is 2. The van der Waals surface area contributed by atoms with Crippen LogP contribution in [0.1, 0.15) is 45.4 Å². The zero-order valence-electron chi connectivity index (χ0n) is 9.59. The molecule has 0 aromatic heterocycles. The van der Waals surface area contributed by atoms with Gasteiger partial charge in [0, 0.05) is 6.04 Å². The highest BCUT2D eigenvalue weighted by atomic mass is 16.2. The Morgan fingerprint density at radius 2 is 2.00 bits per heavy atom. The SMILES string of the molecule is CC1CNC(C(=O)NC2CCCCC2)C1. The monoisotopic (exact) mass is 210 g/mol. The number of amides is 1. The Balaban J connectivity index is 1.76. The van der Waals surface area contributed by atoms with Gasteiger partial charge in [-0.3, -0.25) is 4.79 Å². The Morgan fingerprint density at radius 3 is 2.60 bits per heavy atom. The molecule has 1 heterocycles. The maximum absolute atomic E-state index is 11.9. The van der Waals surface area contributed by atoms with Crippen LogP contribution in [0.5, 0.6) is 0 Å². The molecule has 86 valence electrons. The van der Waals surface area contributed by atoms with Crippen molar-refractivity contribution >= 4 is 5.91 Å². The molecule has 0 aromatic rings. The molecule has 2 atom stereocenters. The van der Waals surface area contributed by atoms with Gasteiger partial charge in [-0.15, -0.1) is 0 Å². The fourth-order valence-electron chi connectivity index (χ4n) is 2.66. The summed E-state index contributed by atoms with van der Waals surface area (Å²) in [6.07, 6.45) is 7.24. The minimum absolute atomic E-state index is 0.0712. The van der Waals surface area contributed by atoms with Crippen LogP contribution >= 0.6 is 0 Å². The van der Waals surface area contributed by atoms with E-state index in [4.69, 9.17) is 0 Å². The number of hydrogen-bond donors (Lipinski definition) is 2. The van der Waals surface area contributed by atoms with Crippen LogP contribution in [0.15, 0.2) is 0 Å². The molecular formula is C12H22N2O. The van der Waals surface area contributed by atoms with Gasteiger partial charge in [0.05, 0.1) is 6.04 Å². The van der Waals surface area contributed by atoms with E-state index in [1.807, 2.05) is 0 Å². The molecule has 2 fully saturated rings. The fourth-order valence-corrected chi connectivity index (χ4v) is 2.66.